The zero-order valence-corrected chi connectivity index (χ0v) is 8.31. The molecule has 1 rings (SSSR count). The molecule has 0 bridgehead atoms. The summed E-state index contributed by atoms with van der Waals surface area (Å²) < 4.78 is 21.8. The number of rotatable bonds is 2. The van der Waals surface area contributed by atoms with Gasteiger partial charge in [-0.3, -0.25) is 0 Å². The summed E-state index contributed by atoms with van der Waals surface area (Å²) in [6, 6.07) is 2.11. The van der Waals surface area contributed by atoms with Gasteiger partial charge >= 0.3 is 0 Å². The van der Waals surface area contributed by atoms with Crippen LogP contribution >= 0.6 is 0 Å². The Balaban J connectivity index is 2.76. The van der Waals surface area contributed by atoms with Crippen molar-refractivity contribution < 1.29 is 8.42 Å². The van der Waals surface area contributed by atoms with Crippen LogP contribution in [0.25, 0.3) is 0 Å². The molecule has 2 N–H and O–H groups in total. The second-order valence-corrected chi connectivity index (χ2v) is 5.37. The molecule has 0 radical (unpaired) electrons. The smallest absolute Gasteiger partial charge is 0.210 e. The molecule has 1 aliphatic rings. The van der Waals surface area contributed by atoms with Crippen LogP contribution in [0.3, 0.4) is 0 Å². The van der Waals surface area contributed by atoms with E-state index in [0.29, 0.717) is 12.8 Å². The molecule has 0 aromatic carbocycles. The van der Waals surface area contributed by atoms with Gasteiger partial charge in [0.05, 0.1) is 17.2 Å². The molecule has 5 heteroatoms. The first-order valence-electron chi connectivity index (χ1n) is 4.39. The maximum Gasteiger partial charge on any atom is 0.210 e. The lowest BCUT2D eigenvalue weighted by Gasteiger charge is -2.29. The predicted octanol–water partition coefficient (Wildman–Crippen LogP) is 0.749. The number of hydrogen-bond acceptors (Lipinski definition) is 3. The van der Waals surface area contributed by atoms with Crippen LogP contribution in [0.4, 0.5) is 0 Å². The summed E-state index contributed by atoms with van der Waals surface area (Å²) in [5.74, 6) is -0.184. The van der Waals surface area contributed by atoms with E-state index in [2.05, 4.69) is 6.07 Å². The van der Waals surface area contributed by atoms with Gasteiger partial charge in [0.25, 0.3) is 0 Å². The quantitative estimate of drug-likeness (QED) is 0.717. The lowest BCUT2D eigenvalue weighted by molar-refractivity contribution is 0.298. The maximum atomic E-state index is 10.9. The third-order valence-corrected chi connectivity index (χ3v) is 3.48. The molecule has 0 heterocycles. The highest BCUT2D eigenvalue weighted by atomic mass is 32.2. The minimum atomic E-state index is -3.52. The zero-order valence-electron chi connectivity index (χ0n) is 7.49. The first-order chi connectivity index (χ1) is 5.97. The molecule has 13 heavy (non-hydrogen) atoms. The second kappa shape index (κ2) is 3.64. The standard InChI is InChI=1S/C8H14N2O2S/c9-6-8(7-13(10,11)12)4-2-1-3-5-8/h1-5,7H2,(H2,10,11,12). The number of nitrogens with zero attached hydrogens (tertiary/aromatic N) is 1. The van der Waals surface area contributed by atoms with Crippen molar-refractivity contribution in [3.63, 3.8) is 0 Å². The molecule has 0 atom stereocenters. The third-order valence-electron chi connectivity index (χ3n) is 2.53. The van der Waals surface area contributed by atoms with E-state index in [1.807, 2.05) is 0 Å². The largest absolute Gasteiger partial charge is 0.229 e. The van der Waals surface area contributed by atoms with E-state index in [1.54, 1.807) is 0 Å². The van der Waals surface area contributed by atoms with Crippen molar-refractivity contribution in [3.05, 3.63) is 0 Å². The van der Waals surface area contributed by atoms with Crippen LogP contribution in [-0.2, 0) is 10.0 Å². The van der Waals surface area contributed by atoms with E-state index in [0.717, 1.165) is 19.3 Å². The van der Waals surface area contributed by atoms with Crippen molar-refractivity contribution in [1.29, 1.82) is 5.26 Å². The summed E-state index contributed by atoms with van der Waals surface area (Å²) in [5.41, 5.74) is -0.703. The summed E-state index contributed by atoms with van der Waals surface area (Å²) in [6.07, 6.45) is 4.29. The molecule has 0 aromatic rings. The fraction of sp³-hybridized carbons (Fsp3) is 0.875. The Hall–Kier alpha value is -0.600. The van der Waals surface area contributed by atoms with E-state index in [9.17, 15) is 8.42 Å². The molecule has 4 nitrogen and oxygen atoms in total. The molecule has 0 aromatic heterocycles. The van der Waals surface area contributed by atoms with E-state index in [4.69, 9.17) is 10.4 Å². The van der Waals surface area contributed by atoms with Gasteiger partial charge in [0.2, 0.25) is 10.0 Å². The van der Waals surface area contributed by atoms with Crippen LogP contribution in [-0.4, -0.2) is 14.2 Å². The molecular weight excluding hydrogens is 188 g/mol. The van der Waals surface area contributed by atoms with Crippen LogP contribution in [0, 0.1) is 16.7 Å². The minimum absolute atomic E-state index is 0.184. The molecule has 0 saturated heterocycles. The van der Waals surface area contributed by atoms with Gasteiger partial charge in [-0.15, -0.1) is 0 Å². The minimum Gasteiger partial charge on any atom is -0.229 e. The average molecular weight is 202 g/mol. The average Bonchev–Trinajstić information content (AvgIpc) is 2.03. The molecule has 74 valence electrons. The lowest BCUT2D eigenvalue weighted by atomic mass is 9.77. The lowest BCUT2D eigenvalue weighted by Crippen LogP contribution is -2.34. The Kier molecular flexibility index (Phi) is 2.94. The van der Waals surface area contributed by atoms with Crippen molar-refractivity contribution in [2.45, 2.75) is 32.1 Å². The number of nitriles is 1. The molecule has 1 aliphatic carbocycles. The van der Waals surface area contributed by atoms with Gasteiger partial charge in [-0.05, 0) is 12.8 Å². The van der Waals surface area contributed by atoms with E-state index >= 15 is 0 Å². The van der Waals surface area contributed by atoms with Crippen molar-refractivity contribution in [3.8, 4) is 6.07 Å². The molecular formula is C8H14N2O2S. The summed E-state index contributed by atoms with van der Waals surface area (Å²) in [6.45, 7) is 0. The second-order valence-electron chi connectivity index (χ2n) is 3.76. The zero-order chi connectivity index (χ0) is 9.95. The van der Waals surface area contributed by atoms with Gasteiger partial charge in [-0.1, -0.05) is 19.3 Å². The highest BCUT2D eigenvalue weighted by molar-refractivity contribution is 7.89. The Morgan fingerprint density at radius 2 is 1.85 bits per heavy atom. The first kappa shape index (κ1) is 10.5. The van der Waals surface area contributed by atoms with E-state index in [-0.39, 0.29) is 5.75 Å². The van der Waals surface area contributed by atoms with Crippen molar-refractivity contribution in [2.75, 3.05) is 5.75 Å². The molecule has 1 saturated carbocycles. The summed E-state index contributed by atoms with van der Waals surface area (Å²) in [4.78, 5) is 0. The fourth-order valence-corrected chi connectivity index (χ4v) is 3.03. The van der Waals surface area contributed by atoms with Gasteiger partial charge in [-0.2, -0.15) is 5.26 Å². The van der Waals surface area contributed by atoms with Crippen LogP contribution in [0.15, 0.2) is 0 Å². The van der Waals surface area contributed by atoms with Crippen molar-refractivity contribution in [1.82, 2.24) is 0 Å². The van der Waals surface area contributed by atoms with Gasteiger partial charge in [0.1, 0.15) is 0 Å². The molecule has 0 unspecified atom stereocenters. The number of sulfonamides is 1. The number of hydrogen-bond donors (Lipinski definition) is 1. The van der Waals surface area contributed by atoms with Gasteiger partial charge in [0, 0.05) is 0 Å². The third kappa shape index (κ3) is 2.98. The molecule has 1 fully saturated rings. The molecule has 0 aliphatic heterocycles. The summed E-state index contributed by atoms with van der Waals surface area (Å²) in [7, 11) is -3.52. The van der Waals surface area contributed by atoms with Crippen LogP contribution in [0.5, 0.6) is 0 Å². The Morgan fingerprint density at radius 3 is 2.23 bits per heavy atom. The molecule has 0 spiro atoms. The number of primary sulfonamides is 1. The Bertz CT molecular complexity index is 310. The van der Waals surface area contributed by atoms with Gasteiger partial charge in [-0.25, -0.2) is 13.6 Å². The van der Waals surface area contributed by atoms with E-state index < -0.39 is 15.4 Å². The van der Waals surface area contributed by atoms with Crippen molar-refractivity contribution in [2.24, 2.45) is 10.6 Å². The molecule has 0 amide bonds. The van der Waals surface area contributed by atoms with Crippen LogP contribution < -0.4 is 5.14 Å². The number of nitrogens with two attached hydrogens (primary N) is 1. The highest BCUT2D eigenvalue weighted by Crippen LogP contribution is 2.36. The monoisotopic (exact) mass is 202 g/mol. The summed E-state index contributed by atoms with van der Waals surface area (Å²) >= 11 is 0. The highest BCUT2D eigenvalue weighted by Gasteiger charge is 2.35. The first-order valence-corrected chi connectivity index (χ1v) is 6.11. The van der Waals surface area contributed by atoms with Crippen molar-refractivity contribution >= 4 is 10.0 Å². The Labute approximate surface area is 78.8 Å². The van der Waals surface area contributed by atoms with Crippen LogP contribution in [0.2, 0.25) is 0 Å². The van der Waals surface area contributed by atoms with Gasteiger partial charge < -0.3 is 0 Å². The van der Waals surface area contributed by atoms with E-state index in [1.165, 1.54) is 0 Å². The summed E-state index contributed by atoms with van der Waals surface area (Å²) in [5, 5.41) is 13.9. The van der Waals surface area contributed by atoms with Crippen LogP contribution in [0.1, 0.15) is 32.1 Å². The SMILES string of the molecule is N#CC1(CS(N)(=O)=O)CCCCC1. The fourth-order valence-electron chi connectivity index (χ4n) is 1.90. The maximum absolute atomic E-state index is 10.9. The van der Waals surface area contributed by atoms with Gasteiger partial charge in [0.15, 0.2) is 0 Å². The predicted molar refractivity (Wildman–Crippen MR) is 49.1 cm³/mol. The normalized spacial score (nSPS) is 22.2. The Morgan fingerprint density at radius 1 is 1.31 bits per heavy atom. The topological polar surface area (TPSA) is 83.9 Å².